The Morgan fingerprint density at radius 1 is 0.905 bits per heavy atom. The van der Waals surface area contributed by atoms with E-state index < -0.39 is 5.63 Å². The summed E-state index contributed by atoms with van der Waals surface area (Å²) in [6.45, 7) is 8.82. The van der Waals surface area contributed by atoms with Crippen LogP contribution in [0.25, 0.3) is 11.0 Å². The lowest BCUT2D eigenvalue weighted by atomic mass is 9.98. The summed E-state index contributed by atoms with van der Waals surface area (Å²) in [7, 11) is 0. The van der Waals surface area contributed by atoms with Gasteiger partial charge in [-0.2, -0.15) is 0 Å². The van der Waals surface area contributed by atoms with Gasteiger partial charge in [0.25, 0.3) is 5.91 Å². The first-order chi connectivity index (χ1) is 20.6. The molecule has 0 saturated carbocycles. The highest BCUT2D eigenvalue weighted by molar-refractivity contribution is 6.15. The number of fused-ring (bicyclic) bond motifs is 2. The van der Waals surface area contributed by atoms with E-state index in [1.54, 1.807) is 6.07 Å². The topological polar surface area (TPSA) is 66.2 Å². The molecule has 1 amide bonds. The molecule has 1 saturated heterocycles. The van der Waals surface area contributed by atoms with Crippen LogP contribution in [0.15, 0.2) is 82.0 Å². The second-order valence-electron chi connectivity index (χ2n) is 11.3. The molecule has 6 rings (SSSR count). The van der Waals surface area contributed by atoms with Crippen LogP contribution in [0.3, 0.4) is 0 Å². The van der Waals surface area contributed by atoms with Crippen molar-refractivity contribution in [1.29, 1.82) is 0 Å². The highest BCUT2D eigenvalue weighted by Gasteiger charge is 2.29. The monoisotopic (exact) mass is 565 g/mol. The summed E-state index contributed by atoms with van der Waals surface area (Å²) < 4.78 is 12.1. The number of carbonyl (C=O) groups is 1. The van der Waals surface area contributed by atoms with Gasteiger partial charge < -0.3 is 14.1 Å². The fourth-order valence-electron chi connectivity index (χ4n) is 6.25. The van der Waals surface area contributed by atoms with Crippen molar-refractivity contribution in [2.45, 2.75) is 39.2 Å². The quantitative estimate of drug-likeness (QED) is 0.249. The van der Waals surface area contributed by atoms with Crippen LogP contribution >= 0.6 is 0 Å². The largest absolute Gasteiger partial charge is 0.491 e. The lowest BCUT2D eigenvalue weighted by Gasteiger charge is -2.34. The molecule has 0 bridgehead atoms. The maximum atomic E-state index is 14.3. The molecule has 3 aromatic carbocycles. The molecule has 7 nitrogen and oxygen atoms in total. The number of ether oxygens (including phenoxy) is 1. The summed E-state index contributed by atoms with van der Waals surface area (Å²) in [6, 6.07) is 24.0. The van der Waals surface area contributed by atoms with Gasteiger partial charge in [-0.05, 0) is 54.2 Å². The molecule has 42 heavy (non-hydrogen) atoms. The maximum absolute atomic E-state index is 14.3. The first kappa shape index (κ1) is 28.2. The number of aryl methyl sites for hydroxylation is 2. The molecule has 0 spiro atoms. The molecule has 2 aliphatic heterocycles. The van der Waals surface area contributed by atoms with Gasteiger partial charge in [-0.1, -0.05) is 61.9 Å². The van der Waals surface area contributed by atoms with E-state index in [1.807, 2.05) is 35.2 Å². The number of carbonyl (C=O) groups excluding carboxylic acids is 1. The molecule has 0 aliphatic carbocycles. The van der Waals surface area contributed by atoms with Gasteiger partial charge in [0, 0.05) is 63.0 Å². The summed E-state index contributed by atoms with van der Waals surface area (Å²) in [5, 5.41) is 0.798. The van der Waals surface area contributed by atoms with Crippen molar-refractivity contribution in [2.24, 2.45) is 0 Å². The van der Waals surface area contributed by atoms with Crippen LogP contribution in [0.4, 0.5) is 5.69 Å². The molecule has 2 aliphatic rings. The van der Waals surface area contributed by atoms with Crippen molar-refractivity contribution in [3.8, 4) is 5.75 Å². The Kier molecular flexibility index (Phi) is 8.68. The molecule has 1 aromatic heterocycles. The van der Waals surface area contributed by atoms with E-state index in [-0.39, 0.29) is 5.91 Å². The number of para-hydroxylation sites is 1. The lowest BCUT2D eigenvalue weighted by molar-refractivity contribution is 0.0976. The van der Waals surface area contributed by atoms with E-state index in [4.69, 9.17) is 9.15 Å². The third-order valence-corrected chi connectivity index (χ3v) is 8.43. The number of hydrogen-bond acceptors (Lipinski definition) is 6. The van der Waals surface area contributed by atoms with Crippen LogP contribution in [0, 0.1) is 0 Å². The zero-order valence-corrected chi connectivity index (χ0v) is 24.4. The van der Waals surface area contributed by atoms with Crippen molar-refractivity contribution < 1.29 is 13.9 Å². The Morgan fingerprint density at radius 3 is 2.48 bits per heavy atom. The minimum Gasteiger partial charge on any atom is -0.491 e. The van der Waals surface area contributed by atoms with Crippen LogP contribution in [0.1, 0.15) is 46.8 Å². The zero-order chi connectivity index (χ0) is 28.9. The molecular weight excluding hydrogens is 526 g/mol. The van der Waals surface area contributed by atoms with Gasteiger partial charge >= 0.3 is 5.63 Å². The Labute approximate surface area is 247 Å². The number of anilines is 1. The Balaban J connectivity index is 1.22. The Bertz CT molecular complexity index is 1590. The number of benzene rings is 3. The fraction of sp³-hybridized carbons (Fsp3) is 0.371. The minimum absolute atomic E-state index is 0.186. The van der Waals surface area contributed by atoms with Gasteiger partial charge in [0.05, 0.1) is 0 Å². The van der Waals surface area contributed by atoms with Crippen molar-refractivity contribution in [1.82, 2.24) is 9.80 Å². The molecule has 4 aromatic rings. The maximum Gasteiger partial charge on any atom is 0.336 e. The molecule has 218 valence electrons. The average Bonchev–Trinajstić information content (AvgIpc) is 3.02. The molecule has 0 radical (unpaired) electrons. The zero-order valence-electron chi connectivity index (χ0n) is 24.4. The lowest BCUT2D eigenvalue weighted by Crippen LogP contribution is -2.47. The fourth-order valence-corrected chi connectivity index (χ4v) is 6.25. The predicted molar refractivity (Wildman–Crippen MR) is 167 cm³/mol. The summed E-state index contributed by atoms with van der Waals surface area (Å²) in [5.41, 5.74) is 4.53. The third-order valence-electron chi connectivity index (χ3n) is 8.43. The first-order valence-corrected chi connectivity index (χ1v) is 15.2. The van der Waals surface area contributed by atoms with Crippen LogP contribution in [0.5, 0.6) is 5.75 Å². The van der Waals surface area contributed by atoms with Gasteiger partial charge in [0.2, 0.25) is 0 Å². The minimum atomic E-state index is -0.440. The molecule has 7 heteroatoms. The van der Waals surface area contributed by atoms with E-state index in [1.165, 1.54) is 5.56 Å². The normalized spacial score (nSPS) is 16.0. The first-order valence-electron chi connectivity index (χ1n) is 15.2. The van der Waals surface area contributed by atoms with Gasteiger partial charge in [0.15, 0.2) is 5.58 Å². The number of amides is 1. The highest BCUT2D eigenvalue weighted by atomic mass is 16.5. The van der Waals surface area contributed by atoms with Gasteiger partial charge in [-0.3, -0.25) is 14.6 Å². The van der Waals surface area contributed by atoms with Gasteiger partial charge in [-0.25, -0.2) is 4.79 Å². The van der Waals surface area contributed by atoms with Crippen molar-refractivity contribution in [2.75, 3.05) is 50.8 Å². The van der Waals surface area contributed by atoms with Crippen LogP contribution in [-0.2, 0) is 19.4 Å². The van der Waals surface area contributed by atoms with Crippen LogP contribution in [-0.4, -0.2) is 61.6 Å². The van der Waals surface area contributed by atoms with E-state index in [0.717, 1.165) is 87.2 Å². The number of hydrogen-bond donors (Lipinski definition) is 0. The number of rotatable bonds is 9. The van der Waals surface area contributed by atoms with Gasteiger partial charge in [-0.15, -0.1) is 0 Å². The number of piperazine rings is 1. The second-order valence-corrected chi connectivity index (χ2v) is 11.3. The van der Waals surface area contributed by atoms with Gasteiger partial charge in [0.1, 0.15) is 17.9 Å². The van der Waals surface area contributed by atoms with E-state index in [0.29, 0.717) is 30.0 Å². The highest BCUT2D eigenvalue weighted by Crippen LogP contribution is 2.35. The summed E-state index contributed by atoms with van der Waals surface area (Å²) in [4.78, 5) is 33.7. The molecule has 0 atom stereocenters. The van der Waals surface area contributed by atoms with Crippen molar-refractivity contribution in [3.63, 3.8) is 0 Å². The SMILES string of the molecule is CCCc1cc(=O)oc2c(C(=O)N3CCCc4ccccc43)c(OCCN3CCN(Cc4ccccc4)CC3)ccc12. The Morgan fingerprint density at radius 2 is 1.67 bits per heavy atom. The molecule has 0 unspecified atom stereocenters. The van der Waals surface area contributed by atoms with E-state index in [9.17, 15) is 9.59 Å². The van der Waals surface area contributed by atoms with Crippen LogP contribution < -0.4 is 15.3 Å². The summed E-state index contributed by atoms with van der Waals surface area (Å²) in [5.74, 6) is 0.282. The predicted octanol–water partition coefficient (Wildman–Crippen LogP) is 5.54. The molecule has 3 heterocycles. The molecule has 0 N–H and O–H groups in total. The average molecular weight is 566 g/mol. The summed E-state index contributed by atoms with van der Waals surface area (Å²) in [6.07, 6.45) is 3.44. The second kappa shape index (κ2) is 12.9. The summed E-state index contributed by atoms with van der Waals surface area (Å²) >= 11 is 0. The molecule has 1 fully saturated rings. The van der Waals surface area contributed by atoms with E-state index in [2.05, 4.69) is 53.1 Å². The third kappa shape index (κ3) is 6.13. The number of nitrogens with zero attached hydrogens (tertiary/aromatic N) is 3. The Hall–Kier alpha value is -3.94. The smallest absolute Gasteiger partial charge is 0.336 e. The standard InChI is InChI=1S/C35H39N3O4/c1-2-9-28-24-32(39)42-34-29(28)15-16-31(33(34)35(40)38-17-8-13-27-12-6-7-14-30(27)38)41-23-22-36-18-20-37(21-19-36)25-26-10-4-3-5-11-26/h3-7,10-12,14-16,24H,2,8-9,13,17-23,25H2,1H3. The van der Waals surface area contributed by atoms with Crippen molar-refractivity contribution in [3.05, 3.63) is 105 Å². The van der Waals surface area contributed by atoms with Crippen LogP contribution in [0.2, 0.25) is 0 Å². The van der Waals surface area contributed by atoms with E-state index >= 15 is 0 Å². The van der Waals surface area contributed by atoms with Crippen molar-refractivity contribution >= 4 is 22.6 Å². The molecular formula is C35H39N3O4.